The first-order chi connectivity index (χ1) is 11.2. The molecule has 4 nitrogen and oxygen atoms in total. The van der Waals surface area contributed by atoms with Crippen molar-refractivity contribution in [1.82, 2.24) is 10.2 Å². The van der Waals surface area contributed by atoms with Crippen LogP contribution in [0.5, 0.6) is 0 Å². The molecule has 1 fully saturated rings. The van der Waals surface area contributed by atoms with Crippen LogP contribution < -0.4 is 10.2 Å². The number of piperazine rings is 1. The van der Waals surface area contributed by atoms with E-state index in [1.807, 2.05) is 18.7 Å². The van der Waals surface area contributed by atoms with Gasteiger partial charge in [-0.25, -0.2) is 8.78 Å². The summed E-state index contributed by atoms with van der Waals surface area (Å²) in [6.45, 7) is 10.9. The van der Waals surface area contributed by atoms with E-state index in [1.165, 1.54) is 6.07 Å². The van der Waals surface area contributed by atoms with Gasteiger partial charge in [-0.3, -0.25) is 9.69 Å². The number of hydrogen-bond donors (Lipinski definition) is 1. The molecule has 0 atom stereocenters. The van der Waals surface area contributed by atoms with E-state index in [1.54, 1.807) is 6.07 Å². The molecule has 1 saturated heterocycles. The number of hydrogen-bond acceptors (Lipinski definition) is 3. The van der Waals surface area contributed by atoms with Gasteiger partial charge in [-0.2, -0.15) is 0 Å². The fraction of sp³-hybridized carbons (Fsp3) is 0.611. The minimum atomic E-state index is -0.830. The van der Waals surface area contributed by atoms with Crippen LogP contribution in [0.2, 0.25) is 0 Å². The van der Waals surface area contributed by atoms with Crippen LogP contribution in [-0.4, -0.2) is 49.1 Å². The Morgan fingerprint density at radius 1 is 1.21 bits per heavy atom. The summed E-state index contributed by atoms with van der Waals surface area (Å²) >= 11 is 0. The Kier molecular flexibility index (Phi) is 5.80. The van der Waals surface area contributed by atoms with Gasteiger partial charge in [-0.1, -0.05) is 19.9 Å². The highest BCUT2D eigenvalue weighted by Crippen LogP contribution is 2.25. The minimum absolute atomic E-state index is 0.00147. The lowest BCUT2D eigenvalue weighted by Crippen LogP contribution is -2.61. The standard InChI is InChI=1S/C18H27F2N3O/c1-13(2)12-21-17(24)18(3,4)23-10-8-22(9-11-23)15-7-5-6-14(19)16(15)20/h5-7,13H,8-12H2,1-4H3,(H,21,24). The monoisotopic (exact) mass is 339 g/mol. The van der Waals surface area contributed by atoms with Crippen LogP contribution in [0.25, 0.3) is 0 Å². The highest BCUT2D eigenvalue weighted by atomic mass is 19.2. The van der Waals surface area contributed by atoms with Gasteiger partial charge >= 0.3 is 0 Å². The lowest BCUT2D eigenvalue weighted by Gasteiger charge is -2.43. The minimum Gasteiger partial charge on any atom is -0.367 e. The third kappa shape index (κ3) is 4.04. The molecule has 0 radical (unpaired) electrons. The number of amides is 1. The summed E-state index contributed by atoms with van der Waals surface area (Å²) in [6.07, 6.45) is 0. The predicted molar refractivity (Wildman–Crippen MR) is 92.1 cm³/mol. The molecule has 0 unspecified atom stereocenters. The normalized spacial score (nSPS) is 16.5. The third-order valence-electron chi connectivity index (χ3n) is 4.57. The number of nitrogens with one attached hydrogen (secondary N) is 1. The van der Waals surface area contributed by atoms with Gasteiger partial charge in [-0.15, -0.1) is 0 Å². The second-order valence-corrected chi connectivity index (χ2v) is 7.21. The van der Waals surface area contributed by atoms with Crippen molar-refractivity contribution in [3.63, 3.8) is 0 Å². The van der Waals surface area contributed by atoms with Gasteiger partial charge in [0.15, 0.2) is 11.6 Å². The summed E-state index contributed by atoms with van der Waals surface area (Å²) in [6, 6.07) is 4.23. The van der Waals surface area contributed by atoms with E-state index in [2.05, 4.69) is 24.1 Å². The molecule has 1 N–H and O–H groups in total. The van der Waals surface area contributed by atoms with Crippen LogP contribution in [0.3, 0.4) is 0 Å². The summed E-state index contributed by atoms with van der Waals surface area (Å²) in [7, 11) is 0. The molecule has 6 heteroatoms. The Morgan fingerprint density at radius 3 is 2.42 bits per heavy atom. The van der Waals surface area contributed by atoms with Gasteiger partial charge in [0.1, 0.15) is 0 Å². The van der Waals surface area contributed by atoms with Gasteiger partial charge in [0.25, 0.3) is 0 Å². The third-order valence-corrected chi connectivity index (χ3v) is 4.57. The van der Waals surface area contributed by atoms with E-state index in [0.29, 0.717) is 38.6 Å². The van der Waals surface area contributed by atoms with Gasteiger partial charge in [0.05, 0.1) is 11.2 Å². The smallest absolute Gasteiger partial charge is 0.239 e. The average molecular weight is 339 g/mol. The van der Waals surface area contributed by atoms with Crippen LogP contribution in [-0.2, 0) is 4.79 Å². The first kappa shape index (κ1) is 18.6. The number of carbonyl (C=O) groups is 1. The molecule has 2 rings (SSSR count). The molecular weight excluding hydrogens is 312 g/mol. The highest BCUT2D eigenvalue weighted by Gasteiger charge is 2.36. The SMILES string of the molecule is CC(C)CNC(=O)C(C)(C)N1CCN(c2cccc(F)c2F)CC1. The van der Waals surface area contributed by atoms with Crippen LogP contribution >= 0.6 is 0 Å². The molecule has 1 aliphatic heterocycles. The lowest BCUT2D eigenvalue weighted by molar-refractivity contribution is -0.132. The van der Waals surface area contributed by atoms with Crippen molar-refractivity contribution in [2.75, 3.05) is 37.6 Å². The first-order valence-electron chi connectivity index (χ1n) is 8.45. The molecule has 0 aromatic heterocycles. The van der Waals surface area contributed by atoms with Crippen molar-refractivity contribution in [2.24, 2.45) is 5.92 Å². The molecule has 0 aliphatic carbocycles. The van der Waals surface area contributed by atoms with E-state index in [4.69, 9.17) is 0 Å². The zero-order chi connectivity index (χ0) is 17.9. The Labute approximate surface area is 142 Å². The zero-order valence-electron chi connectivity index (χ0n) is 14.9. The van der Waals surface area contributed by atoms with E-state index >= 15 is 0 Å². The molecule has 1 aromatic carbocycles. The van der Waals surface area contributed by atoms with E-state index in [-0.39, 0.29) is 11.6 Å². The van der Waals surface area contributed by atoms with Crippen LogP contribution in [0, 0.1) is 17.6 Å². The van der Waals surface area contributed by atoms with E-state index in [9.17, 15) is 13.6 Å². The predicted octanol–water partition coefficient (Wildman–Crippen LogP) is 2.64. The number of nitrogens with zero attached hydrogens (tertiary/aromatic N) is 2. The molecule has 1 aliphatic rings. The maximum atomic E-state index is 13.9. The van der Waals surface area contributed by atoms with Crippen LogP contribution in [0.15, 0.2) is 18.2 Å². The van der Waals surface area contributed by atoms with Crippen molar-refractivity contribution in [2.45, 2.75) is 33.2 Å². The fourth-order valence-corrected chi connectivity index (χ4v) is 2.90. The molecule has 24 heavy (non-hydrogen) atoms. The van der Waals surface area contributed by atoms with Crippen molar-refractivity contribution < 1.29 is 13.6 Å². The number of anilines is 1. The Hall–Kier alpha value is -1.69. The molecule has 1 aromatic rings. The molecule has 0 bridgehead atoms. The molecule has 134 valence electrons. The van der Waals surface area contributed by atoms with Crippen molar-refractivity contribution in [3.8, 4) is 0 Å². The quantitative estimate of drug-likeness (QED) is 0.896. The van der Waals surface area contributed by atoms with E-state index in [0.717, 1.165) is 6.07 Å². The van der Waals surface area contributed by atoms with E-state index < -0.39 is 17.2 Å². The largest absolute Gasteiger partial charge is 0.367 e. The summed E-state index contributed by atoms with van der Waals surface area (Å²) in [4.78, 5) is 16.4. The maximum absolute atomic E-state index is 13.9. The highest BCUT2D eigenvalue weighted by molar-refractivity contribution is 5.85. The molecule has 1 heterocycles. The second-order valence-electron chi connectivity index (χ2n) is 7.21. The number of halogens is 2. The number of rotatable bonds is 5. The first-order valence-corrected chi connectivity index (χ1v) is 8.45. The van der Waals surface area contributed by atoms with Crippen molar-refractivity contribution >= 4 is 11.6 Å². The Morgan fingerprint density at radius 2 is 1.83 bits per heavy atom. The second kappa shape index (κ2) is 7.47. The summed E-state index contributed by atoms with van der Waals surface area (Å²) in [5.74, 6) is -1.23. The number of carbonyl (C=O) groups excluding carboxylic acids is 1. The van der Waals surface area contributed by atoms with Crippen LogP contribution in [0.4, 0.5) is 14.5 Å². The Balaban J connectivity index is 1.98. The van der Waals surface area contributed by atoms with Gasteiger partial charge in [0, 0.05) is 32.7 Å². The maximum Gasteiger partial charge on any atom is 0.239 e. The topological polar surface area (TPSA) is 35.6 Å². The molecule has 1 amide bonds. The zero-order valence-corrected chi connectivity index (χ0v) is 14.9. The molecule has 0 saturated carbocycles. The molecular formula is C18H27F2N3O. The van der Waals surface area contributed by atoms with Crippen LogP contribution in [0.1, 0.15) is 27.7 Å². The number of benzene rings is 1. The van der Waals surface area contributed by atoms with Gasteiger partial charge in [-0.05, 0) is 31.9 Å². The molecule has 0 spiro atoms. The summed E-state index contributed by atoms with van der Waals surface area (Å²) < 4.78 is 27.3. The summed E-state index contributed by atoms with van der Waals surface area (Å²) in [5, 5.41) is 2.98. The summed E-state index contributed by atoms with van der Waals surface area (Å²) in [5.41, 5.74) is -0.335. The Bertz CT molecular complexity index is 582. The van der Waals surface area contributed by atoms with Crippen molar-refractivity contribution in [1.29, 1.82) is 0 Å². The fourth-order valence-electron chi connectivity index (χ4n) is 2.90. The lowest BCUT2D eigenvalue weighted by atomic mass is 9.99. The van der Waals surface area contributed by atoms with Crippen molar-refractivity contribution in [3.05, 3.63) is 29.8 Å². The van der Waals surface area contributed by atoms with Gasteiger partial charge < -0.3 is 10.2 Å². The average Bonchev–Trinajstić information content (AvgIpc) is 2.55. The van der Waals surface area contributed by atoms with Gasteiger partial charge in [0.2, 0.25) is 5.91 Å².